The summed E-state index contributed by atoms with van der Waals surface area (Å²) in [5.41, 5.74) is 3.10. The topological polar surface area (TPSA) is 45.4 Å². The van der Waals surface area contributed by atoms with E-state index in [1.165, 1.54) is 10.9 Å². The average Bonchev–Trinajstić information content (AvgIpc) is 2.98. The zero-order valence-electron chi connectivity index (χ0n) is 13.6. The summed E-state index contributed by atoms with van der Waals surface area (Å²) in [7, 11) is 0. The Labute approximate surface area is 136 Å². The van der Waals surface area contributed by atoms with Crippen molar-refractivity contribution in [3.63, 3.8) is 0 Å². The SMILES string of the molecule is CCc1c(C(C)NCC(O)c2ccccc2)oc2ccccc12. The van der Waals surface area contributed by atoms with Gasteiger partial charge in [-0.2, -0.15) is 0 Å². The Kier molecular flexibility index (Phi) is 4.79. The number of furan rings is 1. The van der Waals surface area contributed by atoms with E-state index in [1.807, 2.05) is 48.5 Å². The molecule has 0 aliphatic carbocycles. The first kappa shape index (κ1) is 15.8. The van der Waals surface area contributed by atoms with Gasteiger partial charge in [-0.15, -0.1) is 0 Å². The maximum Gasteiger partial charge on any atom is 0.134 e. The lowest BCUT2D eigenvalue weighted by molar-refractivity contribution is 0.169. The fourth-order valence-corrected chi connectivity index (χ4v) is 3.01. The molecule has 3 heteroatoms. The third-order valence-electron chi connectivity index (χ3n) is 4.28. The largest absolute Gasteiger partial charge is 0.459 e. The van der Waals surface area contributed by atoms with Crippen LogP contribution in [0.5, 0.6) is 0 Å². The van der Waals surface area contributed by atoms with Crippen molar-refractivity contribution in [2.24, 2.45) is 0 Å². The maximum absolute atomic E-state index is 10.3. The lowest BCUT2D eigenvalue weighted by atomic mass is 10.0. The number of fused-ring (bicyclic) bond motifs is 1. The molecule has 0 aliphatic heterocycles. The van der Waals surface area contributed by atoms with Crippen LogP contribution in [0.3, 0.4) is 0 Å². The standard InChI is InChI=1S/C20H23NO2/c1-3-16-17-11-7-8-12-19(17)23-20(16)14(2)21-13-18(22)15-9-5-4-6-10-15/h4-12,14,18,21-22H,3,13H2,1-2H3. The van der Waals surface area contributed by atoms with Crippen LogP contribution in [0.1, 0.15) is 42.9 Å². The van der Waals surface area contributed by atoms with Crippen molar-refractivity contribution < 1.29 is 9.52 Å². The van der Waals surface area contributed by atoms with Crippen molar-refractivity contribution in [3.05, 3.63) is 71.5 Å². The summed E-state index contributed by atoms with van der Waals surface area (Å²) in [6.45, 7) is 4.71. The van der Waals surface area contributed by atoms with Crippen LogP contribution in [-0.2, 0) is 6.42 Å². The first-order valence-electron chi connectivity index (χ1n) is 8.17. The zero-order chi connectivity index (χ0) is 16.2. The molecule has 1 heterocycles. The molecule has 23 heavy (non-hydrogen) atoms. The number of rotatable bonds is 6. The molecular weight excluding hydrogens is 286 g/mol. The smallest absolute Gasteiger partial charge is 0.134 e. The molecule has 3 nitrogen and oxygen atoms in total. The summed E-state index contributed by atoms with van der Waals surface area (Å²) in [6.07, 6.45) is 0.410. The predicted molar refractivity (Wildman–Crippen MR) is 93.4 cm³/mol. The van der Waals surface area contributed by atoms with Gasteiger partial charge in [-0.05, 0) is 25.0 Å². The van der Waals surface area contributed by atoms with Crippen LogP contribution in [0.4, 0.5) is 0 Å². The minimum absolute atomic E-state index is 0.0516. The number of benzene rings is 2. The fraction of sp³-hybridized carbons (Fsp3) is 0.300. The van der Waals surface area contributed by atoms with E-state index in [0.717, 1.165) is 23.3 Å². The second kappa shape index (κ2) is 6.99. The Morgan fingerprint density at radius 2 is 1.74 bits per heavy atom. The van der Waals surface area contributed by atoms with Gasteiger partial charge in [-0.25, -0.2) is 0 Å². The molecule has 2 N–H and O–H groups in total. The molecule has 1 aromatic heterocycles. The summed E-state index contributed by atoms with van der Waals surface area (Å²) >= 11 is 0. The van der Waals surface area contributed by atoms with Gasteiger partial charge in [-0.1, -0.05) is 55.5 Å². The number of hydrogen-bond donors (Lipinski definition) is 2. The molecule has 0 spiro atoms. The van der Waals surface area contributed by atoms with Crippen molar-refractivity contribution in [2.45, 2.75) is 32.4 Å². The van der Waals surface area contributed by atoms with E-state index in [4.69, 9.17) is 4.42 Å². The maximum atomic E-state index is 10.3. The molecule has 0 bridgehead atoms. The van der Waals surface area contributed by atoms with Gasteiger partial charge in [0.25, 0.3) is 0 Å². The number of aliphatic hydroxyl groups is 1. The molecule has 120 valence electrons. The number of nitrogens with one attached hydrogen (secondary N) is 1. The number of para-hydroxylation sites is 1. The molecule has 3 aromatic rings. The third kappa shape index (κ3) is 3.31. The lowest BCUT2D eigenvalue weighted by Crippen LogP contribution is -2.25. The minimum atomic E-state index is -0.520. The van der Waals surface area contributed by atoms with Crippen LogP contribution < -0.4 is 5.32 Å². The Hall–Kier alpha value is -2.10. The summed E-state index contributed by atoms with van der Waals surface area (Å²) < 4.78 is 6.05. The van der Waals surface area contributed by atoms with Crippen LogP contribution >= 0.6 is 0 Å². The summed E-state index contributed by atoms with van der Waals surface area (Å²) in [5.74, 6) is 0.967. The van der Waals surface area contributed by atoms with E-state index < -0.39 is 6.10 Å². The third-order valence-corrected chi connectivity index (χ3v) is 4.28. The number of aliphatic hydroxyl groups excluding tert-OH is 1. The Balaban J connectivity index is 1.74. The van der Waals surface area contributed by atoms with Crippen LogP contribution in [0.15, 0.2) is 59.0 Å². The van der Waals surface area contributed by atoms with Crippen molar-refractivity contribution in [1.82, 2.24) is 5.32 Å². The normalized spacial score (nSPS) is 14.0. The minimum Gasteiger partial charge on any atom is -0.459 e. The fourth-order valence-electron chi connectivity index (χ4n) is 3.01. The van der Waals surface area contributed by atoms with Gasteiger partial charge in [0.05, 0.1) is 12.1 Å². The highest BCUT2D eigenvalue weighted by atomic mass is 16.3. The highest BCUT2D eigenvalue weighted by Crippen LogP contribution is 2.30. The van der Waals surface area contributed by atoms with E-state index in [1.54, 1.807) is 0 Å². The first-order valence-corrected chi connectivity index (χ1v) is 8.17. The Bertz CT molecular complexity index is 764. The van der Waals surface area contributed by atoms with Crippen molar-refractivity contribution in [2.75, 3.05) is 6.54 Å². The van der Waals surface area contributed by atoms with Gasteiger partial charge in [0.1, 0.15) is 11.3 Å². The molecule has 0 radical (unpaired) electrons. The highest BCUT2D eigenvalue weighted by Gasteiger charge is 2.18. The van der Waals surface area contributed by atoms with E-state index >= 15 is 0 Å². The summed E-state index contributed by atoms with van der Waals surface area (Å²) in [6, 6.07) is 17.9. The van der Waals surface area contributed by atoms with Gasteiger partial charge >= 0.3 is 0 Å². The van der Waals surface area contributed by atoms with Crippen LogP contribution in [0.2, 0.25) is 0 Å². The monoisotopic (exact) mass is 309 g/mol. The highest BCUT2D eigenvalue weighted by molar-refractivity contribution is 5.82. The van der Waals surface area contributed by atoms with Crippen molar-refractivity contribution >= 4 is 11.0 Å². The van der Waals surface area contributed by atoms with Gasteiger partial charge in [-0.3, -0.25) is 0 Å². The second-order valence-corrected chi connectivity index (χ2v) is 5.85. The molecule has 0 amide bonds. The van der Waals surface area contributed by atoms with E-state index in [0.29, 0.717) is 6.54 Å². The van der Waals surface area contributed by atoms with Crippen LogP contribution in [-0.4, -0.2) is 11.7 Å². The van der Waals surface area contributed by atoms with Crippen molar-refractivity contribution in [1.29, 1.82) is 0 Å². The molecule has 3 rings (SSSR count). The predicted octanol–water partition coefficient (Wildman–Crippen LogP) is 4.38. The Morgan fingerprint density at radius 3 is 2.48 bits per heavy atom. The van der Waals surface area contributed by atoms with Crippen LogP contribution in [0.25, 0.3) is 11.0 Å². The van der Waals surface area contributed by atoms with Gasteiger partial charge in [0.15, 0.2) is 0 Å². The summed E-state index contributed by atoms with van der Waals surface area (Å²) in [4.78, 5) is 0. The van der Waals surface area contributed by atoms with E-state index in [2.05, 4.69) is 25.2 Å². The molecular formula is C20H23NO2. The molecule has 0 saturated heterocycles. The van der Waals surface area contributed by atoms with Crippen molar-refractivity contribution in [3.8, 4) is 0 Å². The second-order valence-electron chi connectivity index (χ2n) is 5.85. The molecule has 0 fully saturated rings. The van der Waals surface area contributed by atoms with Gasteiger partial charge in [0.2, 0.25) is 0 Å². The number of hydrogen-bond acceptors (Lipinski definition) is 3. The summed E-state index contributed by atoms with van der Waals surface area (Å²) in [5, 5.41) is 14.9. The van der Waals surface area contributed by atoms with E-state index in [-0.39, 0.29) is 6.04 Å². The molecule has 2 unspecified atom stereocenters. The van der Waals surface area contributed by atoms with Gasteiger partial charge in [0, 0.05) is 17.5 Å². The molecule has 2 atom stereocenters. The molecule has 2 aromatic carbocycles. The quantitative estimate of drug-likeness (QED) is 0.710. The molecule has 0 aliphatic rings. The lowest BCUT2D eigenvalue weighted by Gasteiger charge is -2.17. The first-order chi connectivity index (χ1) is 11.2. The number of aryl methyl sites for hydroxylation is 1. The van der Waals surface area contributed by atoms with E-state index in [9.17, 15) is 5.11 Å². The van der Waals surface area contributed by atoms with Gasteiger partial charge < -0.3 is 14.8 Å². The Morgan fingerprint density at radius 1 is 1.04 bits per heavy atom. The van der Waals surface area contributed by atoms with Crippen LogP contribution in [0, 0.1) is 0 Å². The molecule has 0 saturated carbocycles. The zero-order valence-corrected chi connectivity index (χ0v) is 13.6. The average molecular weight is 309 g/mol.